The van der Waals surface area contributed by atoms with Gasteiger partial charge < -0.3 is 14.3 Å². The highest BCUT2D eigenvalue weighted by Gasteiger charge is 2.25. The lowest BCUT2D eigenvalue weighted by Gasteiger charge is -2.17. The normalized spacial score (nSPS) is 22.1. The predicted molar refractivity (Wildman–Crippen MR) is 60.8 cm³/mol. The third-order valence-corrected chi connectivity index (χ3v) is 3.10. The smallest absolute Gasteiger partial charge is 0.408 e. The summed E-state index contributed by atoms with van der Waals surface area (Å²) in [5, 5.41) is 10.1. The number of aromatic amines is 1. The van der Waals surface area contributed by atoms with Gasteiger partial charge in [0.15, 0.2) is 5.58 Å². The van der Waals surface area contributed by atoms with Crippen LogP contribution in [-0.4, -0.2) is 22.8 Å². The van der Waals surface area contributed by atoms with Crippen LogP contribution >= 0.6 is 0 Å². The van der Waals surface area contributed by atoms with Crippen LogP contribution in [0, 0.1) is 0 Å². The summed E-state index contributed by atoms with van der Waals surface area (Å²) in [4.78, 5) is 13.6. The number of fused-ring (bicyclic) bond motifs is 1. The Morgan fingerprint density at radius 2 is 2.35 bits per heavy atom. The van der Waals surface area contributed by atoms with Gasteiger partial charge in [-0.25, -0.2) is 4.79 Å². The number of rotatable bonds is 2. The lowest BCUT2D eigenvalue weighted by Crippen LogP contribution is -2.16. The van der Waals surface area contributed by atoms with E-state index >= 15 is 0 Å². The minimum atomic E-state index is -0.665. The summed E-state index contributed by atoms with van der Waals surface area (Å²) in [6, 6.07) is 5.19. The van der Waals surface area contributed by atoms with E-state index in [1.165, 1.54) is 0 Å². The highest BCUT2D eigenvalue weighted by atomic mass is 16.5. The second kappa shape index (κ2) is 4.01. The lowest BCUT2D eigenvalue weighted by atomic mass is 10.0. The number of benzene rings is 1. The first-order valence-corrected chi connectivity index (χ1v) is 5.66. The van der Waals surface area contributed by atoms with Crippen LogP contribution in [0.15, 0.2) is 27.4 Å². The van der Waals surface area contributed by atoms with Crippen LogP contribution in [0.2, 0.25) is 0 Å². The third-order valence-electron chi connectivity index (χ3n) is 3.10. The first-order valence-electron chi connectivity index (χ1n) is 5.66. The summed E-state index contributed by atoms with van der Waals surface area (Å²) in [5.74, 6) is -0.483. The molecule has 1 aliphatic rings. The first kappa shape index (κ1) is 10.6. The number of hydrogen-bond donors (Lipinski definition) is 2. The Labute approximate surface area is 97.0 Å². The van der Waals surface area contributed by atoms with Crippen LogP contribution in [0.5, 0.6) is 0 Å². The van der Waals surface area contributed by atoms with Crippen LogP contribution in [0.1, 0.15) is 24.5 Å². The van der Waals surface area contributed by atoms with Crippen LogP contribution in [-0.2, 0) is 4.74 Å². The summed E-state index contributed by atoms with van der Waals surface area (Å²) in [6.07, 6.45) is 1.01. The molecular weight excluding hydrogens is 222 g/mol. The van der Waals surface area contributed by atoms with E-state index in [9.17, 15) is 9.90 Å². The first-order chi connectivity index (χ1) is 8.24. The Balaban J connectivity index is 1.96. The standard InChI is InChI=1S/C12H13NO4/c14-11(9-2-1-5-16-9)7-3-4-8-10(6-7)17-12(15)13-8/h3-4,6,9,11,14H,1-2,5H2,(H,13,15). The molecule has 0 saturated carbocycles. The fraction of sp³-hybridized carbons (Fsp3) is 0.417. The Hall–Kier alpha value is -1.59. The highest BCUT2D eigenvalue weighted by Crippen LogP contribution is 2.28. The number of hydrogen-bond acceptors (Lipinski definition) is 4. The SMILES string of the molecule is O=c1[nH]c2ccc(C(O)C3CCCO3)cc2o1. The van der Waals surface area contributed by atoms with Crippen LogP contribution < -0.4 is 5.76 Å². The summed E-state index contributed by atoms with van der Waals surface area (Å²) < 4.78 is 10.4. The number of H-pyrrole nitrogens is 1. The molecule has 5 heteroatoms. The van der Waals surface area contributed by atoms with Gasteiger partial charge in [0, 0.05) is 6.61 Å². The van der Waals surface area contributed by atoms with Crippen LogP contribution in [0.25, 0.3) is 11.1 Å². The van der Waals surface area contributed by atoms with Crippen LogP contribution in [0.4, 0.5) is 0 Å². The summed E-state index contributed by atoms with van der Waals surface area (Å²) in [7, 11) is 0. The molecule has 17 heavy (non-hydrogen) atoms. The topological polar surface area (TPSA) is 75.5 Å². The molecule has 2 aromatic rings. The predicted octanol–water partition coefficient (Wildman–Crippen LogP) is 1.33. The van der Waals surface area contributed by atoms with Crippen LogP contribution in [0.3, 0.4) is 0 Å². The number of aliphatic hydroxyl groups is 1. The fourth-order valence-electron chi connectivity index (χ4n) is 2.21. The van der Waals surface area contributed by atoms with Crippen molar-refractivity contribution in [3.8, 4) is 0 Å². The average molecular weight is 235 g/mol. The van der Waals surface area contributed by atoms with Gasteiger partial charge in [0.25, 0.3) is 0 Å². The molecule has 0 spiro atoms. The van der Waals surface area contributed by atoms with Gasteiger partial charge in [-0.05, 0) is 30.5 Å². The quantitative estimate of drug-likeness (QED) is 0.823. The number of ether oxygens (including phenoxy) is 1. The summed E-state index contributed by atoms with van der Waals surface area (Å²) >= 11 is 0. The second-order valence-corrected chi connectivity index (χ2v) is 4.27. The molecule has 2 N–H and O–H groups in total. The van der Waals surface area contributed by atoms with E-state index in [1.807, 2.05) is 0 Å². The zero-order valence-electron chi connectivity index (χ0n) is 9.18. The number of aliphatic hydroxyl groups excluding tert-OH is 1. The maximum Gasteiger partial charge on any atom is 0.417 e. The molecule has 2 heterocycles. The van der Waals surface area contributed by atoms with Gasteiger partial charge in [-0.3, -0.25) is 4.98 Å². The molecule has 1 aromatic heterocycles. The highest BCUT2D eigenvalue weighted by molar-refractivity contribution is 5.72. The van der Waals surface area contributed by atoms with E-state index in [4.69, 9.17) is 9.15 Å². The molecule has 1 fully saturated rings. The number of oxazole rings is 1. The molecule has 1 saturated heterocycles. The largest absolute Gasteiger partial charge is 0.417 e. The lowest BCUT2D eigenvalue weighted by molar-refractivity contribution is -0.00255. The number of aromatic nitrogens is 1. The Kier molecular flexibility index (Phi) is 2.49. The van der Waals surface area contributed by atoms with E-state index < -0.39 is 11.9 Å². The Morgan fingerprint density at radius 1 is 1.47 bits per heavy atom. The third kappa shape index (κ3) is 1.87. The molecule has 5 nitrogen and oxygen atoms in total. The molecule has 90 valence electrons. The van der Waals surface area contributed by atoms with Gasteiger partial charge in [0.2, 0.25) is 0 Å². The molecule has 0 radical (unpaired) electrons. The maximum atomic E-state index is 11.0. The zero-order chi connectivity index (χ0) is 11.8. The zero-order valence-corrected chi connectivity index (χ0v) is 9.18. The molecule has 1 aromatic carbocycles. The van der Waals surface area contributed by atoms with Crippen molar-refractivity contribution in [3.05, 3.63) is 34.3 Å². The molecule has 2 unspecified atom stereocenters. The van der Waals surface area contributed by atoms with Crippen molar-refractivity contribution in [2.75, 3.05) is 6.61 Å². The van der Waals surface area contributed by atoms with Gasteiger partial charge in [-0.1, -0.05) is 6.07 Å². The number of nitrogens with one attached hydrogen (secondary N) is 1. The van der Waals surface area contributed by atoms with Gasteiger partial charge in [0.05, 0.1) is 11.6 Å². The summed E-state index contributed by atoms with van der Waals surface area (Å²) in [5.41, 5.74) is 1.81. The van der Waals surface area contributed by atoms with Gasteiger partial charge in [0.1, 0.15) is 6.10 Å². The van der Waals surface area contributed by atoms with E-state index in [0.29, 0.717) is 23.3 Å². The molecular formula is C12H13NO4. The van der Waals surface area contributed by atoms with Crippen molar-refractivity contribution < 1.29 is 14.3 Å². The van der Waals surface area contributed by atoms with Crippen molar-refractivity contribution >= 4 is 11.1 Å². The maximum absolute atomic E-state index is 11.0. The molecule has 1 aliphatic heterocycles. The minimum Gasteiger partial charge on any atom is -0.408 e. The monoisotopic (exact) mass is 235 g/mol. The van der Waals surface area contributed by atoms with Gasteiger partial charge >= 0.3 is 5.76 Å². The van der Waals surface area contributed by atoms with Crippen molar-refractivity contribution in [1.82, 2.24) is 4.98 Å². The van der Waals surface area contributed by atoms with Crippen molar-refractivity contribution in [3.63, 3.8) is 0 Å². The second-order valence-electron chi connectivity index (χ2n) is 4.27. The van der Waals surface area contributed by atoms with E-state index in [-0.39, 0.29) is 6.10 Å². The molecule has 0 aliphatic carbocycles. The molecule has 0 bridgehead atoms. The van der Waals surface area contributed by atoms with Gasteiger partial charge in [-0.15, -0.1) is 0 Å². The Morgan fingerprint density at radius 3 is 3.12 bits per heavy atom. The van der Waals surface area contributed by atoms with Crippen molar-refractivity contribution in [1.29, 1.82) is 0 Å². The van der Waals surface area contributed by atoms with Crippen molar-refractivity contribution in [2.45, 2.75) is 25.0 Å². The van der Waals surface area contributed by atoms with E-state index in [1.54, 1.807) is 18.2 Å². The van der Waals surface area contributed by atoms with E-state index in [0.717, 1.165) is 12.8 Å². The van der Waals surface area contributed by atoms with E-state index in [2.05, 4.69) is 4.98 Å². The average Bonchev–Trinajstić information content (AvgIpc) is 2.94. The minimum absolute atomic E-state index is 0.155. The molecule has 0 amide bonds. The molecule has 3 rings (SSSR count). The molecule has 2 atom stereocenters. The fourth-order valence-corrected chi connectivity index (χ4v) is 2.21. The Bertz CT molecular complexity index is 579. The summed E-state index contributed by atoms with van der Waals surface area (Å²) in [6.45, 7) is 0.698. The van der Waals surface area contributed by atoms with Gasteiger partial charge in [-0.2, -0.15) is 0 Å². The van der Waals surface area contributed by atoms with Crippen molar-refractivity contribution in [2.24, 2.45) is 0 Å².